The third-order valence-electron chi connectivity index (χ3n) is 13.1. The van der Waals surface area contributed by atoms with Gasteiger partial charge in [0, 0.05) is 29.8 Å². The van der Waals surface area contributed by atoms with Gasteiger partial charge in [-0.3, -0.25) is 4.79 Å². The van der Waals surface area contributed by atoms with Crippen molar-refractivity contribution in [3.63, 3.8) is 0 Å². The van der Waals surface area contributed by atoms with Gasteiger partial charge in [0.05, 0.1) is 17.0 Å². The van der Waals surface area contributed by atoms with E-state index in [1.54, 1.807) is 18.2 Å². The summed E-state index contributed by atoms with van der Waals surface area (Å²) in [5.41, 5.74) is 3.21. The van der Waals surface area contributed by atoms with Crippen molar-refractivity contribution < 1.29 is 27.5 Å². The van der Waals surface area contributed by atoms with Gasteiger partial charge in [-0.05, 0) is 127 Å². The van der Waals surface area contributed by atoms with Crippen LogP contribution in [0.15, 0.2) is 109 Å². The number of rotatable bonds is 17. The number of hydrogen-bond donors (Lipinski definition) is 2. The Kier molecular flexibility index (Phi) is 16.8. The highest BCUT2D eigenvalue weighted by atomic mass is 35.5. The number of carbonyl (C=O) groups excluding carboxylic acids is 1. The molecule has 0 aromatic heterocycles. The van der Waals surface area contributed by atoms with Gasteiger partial charge in [-0.1, -0.05) is 138 Å². The van der Waals surface area contributed by atoms with Crippen LogP contribution in [0.4, 0.5) is 5.69 Å². The fourth-order valence-corrected chi connectivity index (χ4v) is 16.1. The summed E-state index contributed by atoms with van der Waals surface area (Å²) >= 11 is 6.42. The molecule has 11 heteroatoms. The molecule has 1 aliphatic heterocycles. The first kappa shape index (κ1) is 48.5. The number of halogens is 1. The van der Waals surface area contributed by atoms with E-state index in [0.717, 1.165) is 72.1 Å². The average Bonchev–Trinajstić information content (AvgIpc) is 3.27. The first-order valence-corrected chi connectivity index (χ1v) is 27.0. The molecule has 0 radical (unpaired) electrons. The number of aliphatic hydroxyl groups excluding tert-OH is 1. The van der Waals surface area contributed by atoms with Crippen LogP contribution < -0.4 is 24.7 Å². The monoisotopic (exact) mass is 912 g/mol. The summed E-state index contributed by atoms with van der Waals surface area (Å²) in [5.74, 6) is 0.338. The number of carbonyl (C=O) groups is 1. The van der Waals surface area contributed by atoms with Gasteiger partial charge in [0.1, 0.15) is 12.4 Å². The molecule has 1 fully saturated rings. The van der Waals surface area contributed by atoms with Crippen molar-refractivity contribution in [1.82, 2.24) is 4.72 Å². The van der Waals surface area contributed by atoms with E-state index in [1.807, 2.05) is 74.5 Å². The van der Waals surface area contributed by atoms with Crippen LogP contribution in [0.25, 0.3) is 0 Å². The highest BCUT2D eigenvalue weighted by Gasteiger charge is 2.51. The first-order valence-electron chi connectivity index (χ1n) is 23.2. The van der Waals surface area contributed by atoms with E-state index in [-0.39, 0.29) is 28.9 Å². The maximum atomic E-state index is 14.4. The summed E-state index contributed by atoms with van der Waals surface area (Å²) in [6.07, 6.45) is 10.9. The molecule has 340 valence electrons. The number of nitrogens with one attached hydrogen (secondary N) is 1. The number of allylic oxidation sites excluding steroid dienone is 1. The summed E-state index contributed by atoms with van der Waals surface area (Å²) in [5, 5.41) is 12.9. The number of ether oxygens (including phenoxy) is 1. The molecule has 1 saturated carbocycles. The van der Waals surface area contributed by atoms with Crippen LogP contribution >= 0.6 is 11.6 Å². The normalized spacial score (nSPS) is 18.8. The lowest BCUT2D eigenvalue weighted by Crippen LogP contribution is -2.67. The highest BCUT2D eigenvalue weighted by Crippen LogP contribution is 2.41. The summed E-state index contributed by atoms with van der Waals surface area (Å²) in [7, 11) is -7.10. The van der Waals surface area contributed by atoms with E-state index in [0.29, 0.717) is 43.3 Å². The summed E-state index contributed by atoms with van der Waals surface area (Å²) < 4.78 is 45.2. The Morgan fingerprint density at radius 1 is 0.952 bits per heavy atom. The van der Waals surface area contributed by atoms with E-state index in [9.17, 15) is 18.3 Å². The van der Waals surface area contributed by atoms with Crippen LogP contribution in [0.3, 0.4) is 0 Å². The molecule has 5 atom stereocenters. The van der Waals surface area contributed by atoms with Gasteiger partial charge in [0.25, 0.3) is 14.2 Å². The summed E-state index contributed by atoms with van der Waals surface area (Å²) in [6.45, 7) is 14.4. The number of sulfonamides is 1. The number of nitrogens with zero attached hydrogens (tertiary/aromatic N) is 1. The third kappa shape index (κ3) is 11.9. The number of unbranched alkanes of at least 4 members (excludes halogenated alkanes) is 1. The van der Waals surface area contributed by atoms with Crippen LogP contribution in [0.1, 0.15) is 121 Å². The molecule has 4 aromatic rings. The molecule has 1 aliphatic carbocycles. The number of aryl methyl sites for hydroxylation is 1. The number of fused-ring (bicyclic) bond motifs is 2. The highest BCUT2D eigenvalue weighted by molar-refractivity contribution is 7.90. The van der Waals surface area contributed by atoms with Crippen LogP contribution in [0.5, 0.6) is 5.75 Å². The van der Waals surface area contributed by atoms with Crippen molar-refractivity contribution in [2.24, 2.45) is 11.8 Å². The van der Waals surface area contributed by atoms with Crippen LogP contribution in [0, 0.1) is 11.8 Å². The fourth-order valence-electron chi connectivity index (χ4n) is 9.58. The number of aliphatic hydroxyl groups is 1. The maximum Gasteiger partial charge on any atom is 0.264 e. The summed E-state index contributed by atoms with van der Waals surface area (Å²) in [6, 6.07) is 31.8. The van der Waals surface area contributed by atoms with E-state index in [2.05, 4.69) is 67.7 Å². The van der Waals surface area contributed by atoms with Gasteiger partial charge in [-0.2, -0.15) is 0 Å². The minimum atomic E-state index is -4.14. The standard InChI is InChI=1S/C52H69ClN2O6SSi/c1-7-9-12-25-49(56)47-30-27-41(47)36-55-32-18-17-20-39-34-43(53)29-26-42(39)37-60-50-31-28-40(35-48(50)55)51(57)54-62(58,59)44(19-8-2)33-38(3)61-63(52(4,5)6,45-21-13-10-14-22-45)46-23-15-11-16-24-46/h10-16,21-26,28-29,31,34-35,38,41,44,47,49,56H,7-9,17-20,27,30,32-33,36-37H2,1-6H3,(H,54,57)/b25-12+/t38-,41-,44-,47+,49?/m0/s1. The molecular formula is C52H69ClN2O6SSi. The molecule has 63 heavy (non-hydrogen) atoms. The predicted molar refractivity (Wildman–Crippen MR) is 262 cm³/mol. The molecule has 2 N–H and O–H groups in total. The lowest BCUT2D eigenvalue weighted by molar-refractivity contribution is 0.0461. The largest absolute Gasteiger partial charge is 0.487 e. The predicted octanol–water partition coefficient (Wildman–Crippen LogP) is 10.4. The van der Waals surface area contributed by atoms with E-state index in [1.165, 1.54) is 0 Å². The molecule has 2 aliphatic rings. The third-order valence-corrected chi connectivity index (χ3v) is 20.2. The van der Waals surface area contributed by atoms with Crippen molar-refractivity contribution in [3.8, 4) is 5.75 Å². The Balaban J connectivity index is 1.27. The van der Waals surface area contributed by atoms with Crippen molar-refractivity contribution in [2.45, 2.75) is 135 Å². The van der Waals surface area contributed by atoms with E-state index < -0.39 is 41.7 Å². The van der Waals surface area contributed by atoms with Gasteiger partial charge in [-0.25, -0.2) is 13.1 Å². The molecule has 0 bridgehead atoms. The second-order valence-electron chi connectivity index (χ2n) is 18.7. The van der Waals surface area contributed by atoms with Crippen molar-refractivity contribution in [2.75, 3.05) is 18.0 Å². The molecule has 1 heterocycles. The molecule has 4 aromatic carbocycles. The Labute approximate surface area is 383 Å². The molecule has 8 nitrogen and oxygen atoms in total. The first-order chi connectivity index (χ1) is 30.2. The van der Waals surface area contributed by atoms with Gasteiger partial charge < -0.3 is 19.2 Å². The van der Waals surface area contributed by atoms with Gasteiger partial charge in [-0.15, -0.1) is 0 Å². The molecule has 1 unspecified atom stereocenters. The molecule has 0 saturated heterocycles. The zero-order valence-electron chi connectivity index (χ0n) is 38.2. The zero-order valence-corrected chi connectivity index (χ0v) is 40.8. The lowest BCUT2D eigenvalue weighted by Gasteiger charge is -2.45. The molecular weight excluding hydrogens is 844 g/mol. The summed E-state index contributed by atoms with van der Waals surface area (Å²) in [4.78, 5) is 16.5. The topological polar surface area (TPSA) is 105 Å². The quantitative estimate of drug-likeness (QED) is 0.0803. The number of hydrogen-bond acceptors (Lipinski definition) is 7. The van der Waals surface area contributed by atoms with Gasteiger partial charge in [0.2, 0.25) is 10.0 Å². The van der Waals surface area contributed by atoms with Crippen LogP contribution in [-0.2, 0) is 27.5 Å². The van der Waals surface area contributed by atoms with Crippen LogP contribution in [0.2, 0.25) is 10.1 Å². The Morgan fingerprint density at radius 3 is 2.27 bits per heavy atom. The van der Waals surface area contributed by atoms with Crippen molar-refractivity contribution >= 4 is 51.9 Å². The second-order valence-corrected chi connectivity index (χ2v) is 25.4. The Bertz CT molecular complexity index is 2210. The molecule has 0 spiro atoms. The second kappa shape index (κ2) is 21.8. The number of benzene rings is 4. The zero-order chi connectivity index (χ0) is 45.2. The minimum absolute atomic E-state index is 0.141. The SMILES string of the molecule is CCC/C=C/C(O)[C@@H]1CC[C@H]1CN1CCCCc2cc(Cl)ccc2COc2ccc(C(=O)NS(=O)(=O)[C@@H](CCC)C[C@H](C)O[Si](c3ccccc3)(c3ccccc3)C(C)(C)C)cc21. The van der Waals surface area contributed by atoms with E-state index >= 15 is 0 Å². The smallest absolute Gasteiger partial charge is 0.264 e. The molecule has 1 amide bonds. The Morgan fingerprint density at radius 2 is 1.65 bits per heavy atom. The van der Waals surface area contributed by atoms with Crippen molar-refractivity contribution in [1.29, 1.82) is 0 Å². The number of amides is 1. The number of anilines is 1. The van der Waals surface area contributed by atoms with Gasteiger partial charge >= 0.3 is 0 Å². The average molecular weight is 914 g/mol. The fraction of sp³-hybridized carbons (Fsp3) is 0.481. The lowest BCUT2D eigenvalue weighted by atomic mass is 9.70. The van der Waals surface area contributed by atoms with Gasteiger partial charge in [0.15, 0.2) is 0 Å². The van der Waals surface area contributed by atoms with Crippen LogP contribution in [-0.4, -0.2) is 58.3 Å². The van der Waals surface area contributed by atoms with Crippen molar-refractivity contribution in [3.05, 3.63) is 131 Å². The minimum Gasteiger partial charge on any atom is -0.487 e. The maximum absolute atomic E-state index is 14.4. The Hall–Kier alpha value is -3.93. The van der Waals surface area contributed by atoms with E-state index in [4.69, 9.17) is 20.8 Å². The molecule has 6 rings (SSSR count).